The molecule has 5 aromatic rings. The second-order valence-corrected chi connectivity index (χ2v) is 27.1. The van der Waals surface area contributed by atoms with Crippen LogP contribution < -0.4 is 69.5 Å². The molecule has 36 nitrogen and oxygen atoms in total. The van der Waals surface area contributed by atoms with Gasteiger partial charge in [0.05, 0.1) is 24.8 Å². The molecule has 3 aromatic heterocycles. The normalized spacial score (nSPS) is 15.5. The van der Waals surface area contributed by atoms with Crippen molar-refractivity contribution in [3.63, 3.8) is 0 Å². The number of amides is 12. The number of thiol groups is 4. The predicted octanol–water partition coefficient (Wildman–Crippen LogP) is -3.49. The number of phenols is 1. The Morgan fingerprint density at radius 1 is 0.467 bits per heavy atom. The number of aliphatic hydroxyl groups is 1. The molecule has 0 bridgehead atoms. The van der Waals surface area contributed by atoms with Crippen LogP contribution in [0.4, 0.5) is 0 Å². The number of carboxylic acids is 2. The fraction of sp³-hybridized carbons (Fsp3) is 0.493. The molecule has 0 radical (unpaired) electrons. The lowest BCUT2D eigenvalue weighted by atomic mass is 9.97. The summed E-state index contributed by atoms with van der Waals surface area (Å²) in [5, 5.41) is 70.9. The topological polar surface area (TPSA) is 563 Å². The first-order valence-electron chi connectivity index (χ1n) is 34.0. The Morgan fingerprint density at radius 3 is 1.38 bits per heavy atom. The monoisotopic (exact) mass is 1570 g/mol. The zero-order valence-electron chi connectivity index (χ0n) is 59.3. The van der Waals surface area contributed by atoms with E-state index in [0.717, 1.165) is 6.92 Å². The highest BCUT2D eigenvalue weighted by Gasteiger charge is 2.39. The number of H-pyrrole nitrogens is 3. The molecule has 584 valence electrons. The summed E-state index contributed by atoms with van der Waals surface area (Å²) in [6.07, 6.45) is 2.83. The van der Waals surface area contributed by atoms with Crippen molar-refractivity contribution in [3.8, 4) is 5.75 Å². The van der Waals surface area contributed by atoms with Crippen molar-refractivity contribution in [2.45, 2.75) is 171 Å². The molecule has 0 aliphatic rings. The number of carboxylic acid groups (broad SMARTS) is 2. The van der Waals surface area contributed by atoms with Crippen LogP contribution in [0.15, 0.2) is 79.8 Å². The molecular formula is C67H94N18O18S4. The van der Waals surface area contributed by atoms with Gasteiger partial charge in [0.2, 0.25) is 70.9 Å². The smallest absolute Gasteiger partial charge is 0.327 e. The van der Waals surface area contributed by atoms with Crippen LogP contribution in [0.25, 0.3) is 10.9 Å². The number of hydrogen-bond acceptors (Lipinski definition) is 23. The fourth-order valence-electron chi connectivity index (χ4n) is 10.6. The third kappa shape index (κ3) is 27.1. The van der Waals surface area contributed by atoms with Crippen LogP contribution in [0.2, 0.25) is 0 Å². The summed E-state index contributed by atoms with van der Waals surface area (Å²) in [6.45, 7) is 9.04. The molecule has 0 saturated heterocycles. The number of aromatic amines is 3. The van der Waals surface area contributed by atoms with Gasteiger partial charge >= 0.3 is 11.9 Å². The van der Waals surface area contributed by atoms with Crippen molar-refractivity contribution in [3.05, 3.63) is 102 Å². The highest BCUT2D eigenvalue weighted by atomic mass is 32.1. The largest absolute Gasteiger partial charge is 0.508 e. The Hall–Kier alpha value is -9.90. The van der Waals surface area contributed by atoms with Gasteiger partial charge in [-0.05, 0) is 61.4 Å². The van der Waals surface area contributed by atoms with E-state index in [1.165, 1.54) is 56.2 Å². The van der Waals surface area contributed by atoms with Crippen molar-refractivity contribution in [1.82, 2.24) is 88.7 Å². The van der Waals surface area contributed by atoms with Gasteiger partial charge in [-0.15, -0.1) is 0 Å². The number of aliphatic carboxylic acids is 2. The lowest BCUT2D eigenvalue weighted by Gasteiger charge is -2.29. The first-order chi connectivity index (χ1) is 50.7. The van der Waals surface area contributed by atoms with Gasteiger partial charge in [0.25, 0.3) is 0 Å². The molecule has 0 fully saturated rings. The van der Waals surface area contributed by atoms with E-state index >= 15 is 0 Å². The van der Waals surface area contributed by atoms with E-state index in [9.17, 15) is 87.5 Å². The van der Waals surface area contributed by atoms with Gasteiger partial charge in [-0.2, -0.15) is 50.5 Å². The number of nitrogens with zero attached hydrogens (tertiary/aromatic N) is 2. The van der Waals surface area contributed by atoms with Crippen LogP contribution in [0.3, 0.4) is 0 Å². The van der Waals surface area contributed by atoms with E-state index in [2.05, 4.69) is 139 Å². The number of phenolic OH excluding ortho intramolecular Hbond substituents is 1. The molecule has 40 heteroatoms. The molecule has 0 unspecified atom stereocenters. The highest BCUT2D eigenvalue weighted by Crippen LogP contribution is 2.21. The maximum atomic E-state index is 14.8. The molecule has 15 atom stereocenters. The lowest BCUT2D eigenvalue weighted by molar-refractivity contribution is -0.142. The second-order valence-electron chi connectivity index (χ2n) is 25.7. The van der Waals surface area contributed by atoms with Gasteiger partial charge in [-0.25, -0.2) is 14.8 Å². The first kappa shape index (κ1) is 87.7. The van der Waals surface area contributed by atoms with Crippen molar-refractivity contribution in [1.29, 1.82) is 0 Å². The molecule has 12 amide bonds. The van der Waals surface area contributed by atoms with Gasteiger partial charge in [0.1, 0.15) is 78.3 Å². The number of carbonyl (C=O) groups excluding carboxylic acids is 12. The lowest BCUT2D eigenvalue weighted by Crippen LogP contribution is -2.62. The SMILES string of the molecule is CC[C@H](C)[C@H](NC(=O)[C@H](CS)NC(=O)[C@H](Cc1ccc(O)cc1)NC(=O)[C@H](C)NC(=O)[C@@H](NC(=O)[C@@H](N)CS)C(C)C)C(=O)N[C@@H](CCC(=O)O)C(=O)N[C@@H](Cc1cnc[nH]1)C(=O)N[C@@H](Cc1cnc[nH]1)C(=O)N[C@@H](CS)C(=O)N[C@@H](Cc1c[nH]c2ccccc12)C(=O)N[C@H](C(=O)N[C@@H](CS)C(=O)O)[C@@H](C)O. The summed E-state index contributed by atoms with van der Waals surface area (Å²) in [6, 6.07) is -6.94. The minimum absolute atomic E-state index is 0.0175. The number of aromatic nitrogens is 5. The number of nitrogens with one attached hydrogen (secondary N) is 15. The van der Waals surface area contributed by atoms with Crippen molar-refractivity contribution in [2.24, 2.45) is 17.6 Å². The van der Waals surface area contributed by atoms with Gasteiger partial charge in [0.15, 0.2) is 0 Å². The molecule has 3 heterocycles. The Labute approximate surface area is 637 Å². The Bertz CT molecular complexity index is 3870. The molecule has 21 N–H and O–H groups in total. The Kier molecular flexibility index (Phi) is 35.3. The van der Waals surface area contributed by atoms with E-state index < -0.39 is 204 Å². The number of para-hydroxylation sites is 1. The van der Waals surface area contributed by atoms with Crippen LogP contribution in [0.5, 0.6) is 5.75 Å². The summed E-state index contributed by atoms with van der Waals surface area (Å²) in [5.41, 5.74) is 7.91. The molecule has 0 spiro atoms. The van der Waals surface area contributed by atoms with Crippen LogP contribution in [0, 0.1) is 11.8 Å². The zero-order valence-corrected chi connectivity index (χ0v) is 62.9. The first-order valence-corrected chi connectivity index (χ1v) is 36.5. The van der Waals surface area contributed by atoms with E-state index in [1.54, 1.807) is 58.2 Å². The van der Waals surface area contributed by atoms with E-state index in [4.69, 9.17) is 5.73 Å². The summed E-state index contributed by atoms with van der Waals surface area (Å²) in [7, 11) is 0. The number of nitrogens with two attached hydrogens (primary N) is 1. The number of hydrogen-bond donors (Lipinski definition) is 24. The fourth-order valence-corrected chi connectivity index (χ4v) is 11.5. The number of benzene rings is 2. The highest BCUT2D eigenvalue weighted by molar-refractivity contribution is 7.80. The maximum Gasteiger partial charge on any atom is 0.327 e. The Morgan fingerprint density at radius 2 is 0.897 bits per heavy atom. The number of aliphatic hydroxyl groups excluding tert-OH is 1. The molecule has 0 aliphatic carbocycles. The van der Waals surface area contributed by atoms with Gasteiger partial charge in [-0.3, -0.25) is 62.3 Å². The number of imidazole rings is 2. The van der Waals surface area contributed by atoms with Crippen LogP contribution in [-0.4, -0.2) is 236 Å². The van der Waals surface area contributed by atoms with Crippen molar-refractivity contribution >= 4 is 144 Å². The minimum Gasteiger partial charge on any atom is -0.508 e. The summed E-state index contributed by atoms with van der Waals surface area (Å²) >= 11 is 16.6. The predicted molar refractivity (Wildman–Crippen MR) is 401 cm³/mol. The molecule has 0 saturated carbocycles. The Balaban J connectivity index is 1.37. The minimum atomic E-state index is -1.76. The number of fused-ring (bicyclic) bond motifs is 1. The summed E-state index contributed by atoms with van der Waals surface area (Å²) in [4.78, 5) is 210. The molecule has 2 aromatic carbocycles. The number of carbonyl (C=O) groups is 14. The molecule has 0 aliphatic heterocycles. The number of rotatable bonds is 44. The third-order valence-electron chi connectivity index (χ3n) is 17.1. The quantitative estimate of drug-likeness (QED) is 0.0168. The van der Waals surface area contributed by atoms with Crippen LogP contribution in [0.1, 0.15) is 83.3 Å². The molecule has 5 rings (SSSR count). The van der Waals surface area contributed by atoms with Crippen molar-refractivity contribution in [2.75, 3.05) is 23.0 Å². The molecule has 107 heavy (non-hydrogen) atoms. The molecular weight excluding hydrogens is 1470 g/mol. The van der Waals surface area contributed by atoms with Gasteiger partial charge in [-0.1, -0.05) is 64.4 Å². The van der Waals surface area contributed by atoms with Gasteiger partial charge in [0, 0.05) is 96.0 Å². The van der Waals surface area contributed by atoms with E-state index in [-0.39, 0.29) is 60.7 Å². The van der Waals surface area contributed by atoms with E-state index in [1.807, 2.05) is 0 Å². The van der Waals surface area contributed by atoms with Crippen molar-refractivity contribution < 1.29 is 87.5 Å². The van der Waals surface area contributed by atoms with Crippen LogP contribution in [-0.2, 0) is 92.8 Å². The van der Waals surface area contributed by atoms with Gasteiger partial charge < -0.3 is 105 Å². The van der Waals surface area contributed by atoms with Crippen LogP contribution >= 0.6 is 50.5 Å². The third-order valence-corrected chi connectivity index (χ3v) is 18.6. The summed E-state index contributed by atoms with van der Waals surface area (Å²) in [5.74, 6) is -16.9. The average Bonchev–Trinajstić information content (AvgIpc) is 1.66. The standard InChI is InChI=1S/C67H94N18O18S4/c1-7-32(4)53(84-63(98)49(27-106)81-58(93)44(18-35-12-14-39(87)15-13-35)76-55(90)33(5)74-64(99)52(31(2)3)83-56(91)41(68)25-104)65(100)75-43(16-17-51(88)89)57(92)78-46(20-37-23-69-29-72-37)59(94)79-47(21-38-24-70-30-73-38)60(95)80-48(26-105)62(97)77-45(19-36-22-71-42-11-9-8-10-40(36)42)61(96)85-54(34(6)86)66(101)82-50(28-107)67(102)103/h8-15,22-24,29-34,41,43-50,52-54,71,86-87,104-107H,7,16-21,25-28,68H2,1-6H3,(H,69,72)(H,70,73)(H,74,99)(H,75,100)(H,76,90)(H,77,97)(H,78,92)(H,79,94)(H,80,95)(H,81,93)(H,82,101)(H,83,91)(H,84,98)(H,85,96)(H,88,89)(H,102,103)/t32-,33-,34+,41-,43-,44-,45-,46-,47-,48-,49-,50-,52-,53-,54-/m0/s1. The second kappa shape index (κ2) is 43.0. The van der Waals surface area contributed by atoms with E-state index in [0.29, 0.717) is 22.0 Å². The summed E-state index contributed by atoms with van der Waals surface area (Å²) < 4.78 is 0. The average molecular weight is 1570 g/mol. The zero-order chi connectivity index (χ0) is 79.4. The number of aromatic hydroxyl groups is 1. The maximum absolute atomic E-state index is 14.8.